The maximum Gasteiger partial charge on any atom is 0.272 e. The van der Waals surface area contributed by atoms with Gasteiger partial charge in [-0.1, -0.05) is 61.9 Å². The van der Waals surface area contributed by atoms with Crippen molar-refractivity contribution in [2.24, 2.45) is 0 Å². The summed E-state index contributed by atoms with van der Waals surface area (Å²) in [5, 5.41) is 0. The highest BCUT2D eigenvalue weighted by molar-refractivity contribution is 7.92. The minimum Gasteiger partial charge on any atom is -0.616 e. The van der Waals surface area contributed by atoms with Crippen molar-refractivity contribution in [3.63, 3.8) is 0 Å². The molecular weight excluding hydrogens is 621 g/mol. The Morgan fingerprint density at radius 1 is 0.917 bits per heavy atom. The molecule has 5 rings (SSSR count). The van der Waals surface area contributed by atoms with E-state index in [2.05, 4.69) is 84.6 Å². The van der Waals surface area contributed by atoms with E-state index in [0.717, 1.165) is 76.0 Å². The zero-order valence-corrected chi connectivity index (χ0v) is 29.8. The van der Waals surface area contributed by atoms with Gasteiger partial charge in [-0.25, -0.2) is 0 Å². The third-order valence-corrected chi connectivity index (χ3v) is 10.4. The van der Waals surface area contributed by atoms with E-state index >= 15 is 0 Å². The molecule has 2 unspecified atom stereocenters. The standard InChI is InChI=1S/C40H52N2O5S/c1-4-5-23-42(3)38(43)30-48(44)28-25-41(2)24-27-45-34-19-17-32(18-20-34)40-36(31-12-7-6-8-13-31)15-11-14-33-29-35(21-22-37(33)40)47-39-16-9-10-26-46-39/h6-8,12-13,17-22,29,39H,4-5,9-11,14-16,23-28,30H2,1-3H3. The highest BCUT2D eigenvalue weighted by Crippen LogP contribution is 2.41. The topological polar surface area (TPSA) is 74.3 Å². The molecule has 258 valence electrons. The van der Waals surface area contributed by atoms with Gasteiger partial charge in [0.15, 0.2) is 12.0 Å². The lowest BCUT2D eigenvalue weighted by Gasteiger charge is -2.24. The number of allylic oxidation sites excluding steroid dienone is 1. The summed E-state index contributed by atoms with van der Waals surface area (Å²) in [6.07, 6.45) is 8.08. The molecule has 48 heavy (non-hydrogen) atoms. The largest absolute Gasteiger partial charge is 0.616 e. The van der Waals surface area contributed by atoms with Gasteiger partial charge >= 0.3 is 0 Å². The van der Waals surface area contributed by atoms with Gasteiger partial charge in [0, 0.05) is 33.1 Å². The molecule has 0 aromatic heterocycles. The summed E-state index contributed by atoms with van der Waals surface area (Å²) in [7, 11) is 3.79. The van der Waals surface area contributed by atoms with Gasteiger partial charge in [-0.3, -0.25) is 9.69 Å². The number of hydrogen-bond donors (Lipinski definition) is 0. The molecule has 1 heterocycles. The fourth-order valence-electron chi connectivity index (χ4n) is 6.30. The van der Waals surface area contributed by atoms with Gasteiger partial charge in [0.05, 0.1) is 6.61 Å². The van der Waals surface area contributed by atoms with Gasteiger partial charge in [-0.15, -0.1) is 0 Å². The summed E-state index contributed by atoms with van der Waals surface area (Å²) < 4.78 is 30.7. The van der Waals surface area contributed by atoms with Crippen LogP contribution < -0.4 is 9.47 Å². The van der Waals surface area contributed by atoms with E-state index in [1.807, 2.05) is 7.05 Å². The smallest absolute Gasteiger partial charge is 0.272 e. The molecule has 0 spiro atoms. The van der Waals surface area contributed by atoms with Crippen LogP contribution in [0.25, 0.3) is 11.1 Å². The van der Waals surface area contributed by atoms with E-state index in [-0.39, 0.29) is 18.0 Å². The summed E-state index contributed by atoms with van der Waals surface area (Å²) in [6, 6.07) is 25.7. The lowest BCUT2D eigenvalue weighted by atomic mass is 9.88. The van der Waals surface area contributed by atoms with Crippen LogP contribution >= 0.6 is 0 Å². The van der Waals surface area contributed by atoms with Gasteiger partial charge in [-0.05, 0) is 114 Å². The minimum atomic E-state index is -1.17. The lowest BCUT2D eigenvalue weighted by molar-refractivity contribution is -0.127. The van der Waals surface area contributed by atoms with E-state index in [9.17, 15) is 9.35 Å². The average Bonchev–Trinajstić information content (AvgIpc) is 3.30. The van der Waals surface area contributed by atoms with Crippen molar-refractivity contribution in [1.29, 1.82) is 0 Å². The first-order chi connectivity index (χ1) is 23.4. The third-order valence-electron chi connectivity index (χ3n) is 9.19. The number of carbonyl (C=O) groups excluding carboxylic acids is 1. The fraction of sp³-hybridized carbons (Fsp3) is 0.475. The number of unbranched alkanes of at least 4 members (excludes halogenated alkanes) is 1. The van der Waals surface area contributed by atoms with Crippen LogP contribution in [-0.4, -0.2) is 85.0 Å². The average molecular weight is 673 g/mol. The zero-order valence-electron chi connectivity index (χ0n) is 29.0. The molecule has 2 atom stereocenters. The summed E-state index contributed by atoms with van der Waals surface area (Å²) in [5.41, 5.74) is 7.62. The van der Waals surface area contributed by atoms with E-state index in [1.165, 1.54) is 33.4 Å². The van der Waals surface area contributed by atoms with Crippen molar-refractivity contribution >= 4 is 28.2 Å². The summed E-state index contributed by atoms with van der Waals surface area (Å²) in [6.45, 7) is 5.46. The number of amides is 1. The molecule has 1 fully saturated rings. The van der Waals surface area contributed by atoms with Crippen molar-refractivity contribution < 1.29 is 23.6 Å². The molecule has 1 aliphatic heterocycles. The van der Waals surface area contributed by atoms with E-state index in [1.54, 1.807) is 11.9 Å². The number of rotatable bonds is 16. The summed E-state index contributed by atoms with van der Waals surface area (Å²) >= 11 is -1.17. The van der Waals surface area contributed by atoms with Crippen LogP contribution in [0.1, 0.15) is 74.1 Å². The predicted octanol–water partition coefficient (Wildman–Crippen LogP) is 7.21. The van der Waals surface area contributed by atoms with Gasteiger partial charge in [0.1, 0.15) is 23.9 Å². The van der Waals surface area contributed by atoms with Crippen molar-refractivity contribution in [3.8, 4) is 11.5 Å². The molecule has 3 aromatic carbocycles. The Kier molecular flexibility index (Phi) is 13.8. The number of hydrogen-bond acceptors (Lipinski definition) is 6. The number of aryl methyl sites for hydroxylation is 1. The Balaban J connectivity index is 1.22. The Hall–Kier alpha value is -3.30. The van der Waals surface area contributed by atoms with Crippen LogP contribution in [-0.2, 0) is 27.1 Å². The third kappa shape index (κ3) is 10.3. The fourth-order valence-corrected chi connectivity index (χ4v) is 7.45. The number of carbonyl (C=O) groups is 1. The number of nitrogens with zero attached hydrogens (tertiary/aromatic N) is 2. The molecule has 0 radical (unpaired) electrons. The predicted molar refractivity (Wildman–Crippen MR) is 196 cm³/mol. The molecule has 2 aliphatic rings. The van der Waals surface area contributed by atoms with Crippen molar-refractivity contribution in [1.82, 2.24) is 9.80 Å². The van der Waals surface area contributed by atoms with Gasteiger partial charge in [-0.2, -0.15) is 0 Å². The Morgan fingerprint density at radius 2 is 1.71 bits per heavy atom. The molecule has 8 heteroatoms. The van der Waals surface area contributed by atoms with Crippen molar-refractivity contribution in [3.05, 3.63) is 95.1 Å². The Morgan fingerprint density at radius 3 is 2.46 bits per heavy atom. The van der Waals surface area contributed by atoms with Crippen molar-refractivity contribution in [2.75, 3.05) is 58.4 Å². The first-order valence-electron chi connectivity index (χ1n) is 17.6. The first kappa shape index (κ1) is 36.0. The number of fused-ring (bicyclic) bond motifs is 1. The van der Waals surface area contributed by atoms with E-state index in [4.69, 9.17) is 14.2 Å². The second-order valence-corrected chi connectivity index (χ2v) is 14.5. The SMILES string of the molecule is CCCCN(C)C(=O)C[S+]([O-])CCN(C)CCOc1ccc(C2=C(c3ccccc3)CCCc3cc(OC4CCCCO4)ccc32)cc1. The molecular formula is C40H52N2O5S. The maximum atomic E-state index is 12.5. The molecule has 1 saturated heterocycles. The van der Waals surface area contributed by atoms with Crippen LogP contribution in [0, 0.1) is 0 Å². The highest BCUT2D eigenvalue weighted by atomic mass is 32.2. The second kappa shape index (κ2) is 18.5. The Bertz CT molecular complexity index is 1470. The van der Waals surface area contributed by atoms with Crippen molar-refractivity contribution in [2.45, 2.75) is 64.6 Å². The molecule has 0 bridgehead atoms. The van der Waals surface area contributed by atoms with E-state index in [0.29, 0.717) is 25.4 Å². The van der Waals surface area contributed by atoms with Crippen LogP contribution in [0.2, 0.25) is 0 Å². The number of likely N-dealkylation sites (N-methyl/N-ethyl adjacent to an activating group) is 1. The summed E-state index contributed by atoms with van der Waals surface area (Å²) in [5.74, 6) is 2.23. The zero-order chi connectivity index (χ0) is 33.7. The van der Waals surface area contributed by atoms with Crippen LogP contribution in [0.4, 0.5) is 0 Å². The molecule has 1 aliphatic carbocycles. The minimum absolute atomic E-state index is 0.0428. The number of ether oxygens (including phenoxy) is 3. The molecule has 3 aromatic rings. The second-order valence-electron chi connectivity index (χ2n) is 12.9. The Labute approximate surface area is 290 Å². The van der Waals surface area contributed by atoms with Crippen LogP contribution in [0.15, 0.2) is 72.8 Å². The summed E-state index contributed by atoms with van der Waals surface area (Å²) in [4.78, 5) is 16.1. The molecule has 0 saturated carbocycles. The molecule has 1 amide bonds. The monoisotopic (exact) mass is 672 g/mol. The number of benzene rings is 3. The quantitative estimate of drug-likeness (QED) is 0.150. The lowest BCUT2D eigenvalue weighted by Crippen LogP contribution is -2.36. The first-order valence-corrected chi connectivity index (χ1v) is 19.1. The van der Waals surface area contributed by atoms with E-state index < -0.39 is 11.2 Å². The molecule has 7 nitrogen and oxygen atoms in total. The van der Waals surface area contributed by atoms with Crippen LogP contribution in [0.5, 0.6) is 11.5 Å². The molecule has 0 N–H and O–H groups in total. The van der Waals surface area contributed by atoms with Gasteiger partial charge in [0.2, 0.25) is 0 Å². The maximum absolute atomic E-state index is 12.5. The normalized spacial score (nSPS) is 17.1. The van der Waals surface area contributed by atoms with Gasteiger partial charge in [0.25, 0.3) is 5.91 Å². The van der Waals surface area contributed by atoms with Gasteiger partial charge < -0.3 is 23.7 Å². The highest BCUT2D eigenvalue weighted by Gasteiger charge is 2.22. The van der Waals surface area contributed by atoms with Crippen LogP contribution in [0.3, 0.4) is 0 Å².